The van der Waals surface area contributed by atoms with Gasteiger partial charge in [0.25, 0.3) is 0 Å². The first kappa shape index (κ1) is 14.1. The molecule has 1 rings (SSSR count). The molecule has 0 atom stereocenters. The monoisotopic (exact) mass is 229 g/mol. The van der Waals surface area contributed by atoms with Crippen LogP contribution in [0.25, 0.3) is 0 Å². The predicted octanol–water partition coefficient (Wildman–Crippen LogP) is 3.72. The summed E-state index contributed by atoms with van der Waals surface area (Å²) in [4.78, 5) is 15.9. The lowest BCUT2D eigenvalue weighted by Gasteiger charge is -2.00. The molecule has 1 aromatic rings. The van der Waals surface area contributed by atoms with Crippen LogP contribution in [-0.2, 0) is 0 Å². The van der Waals surface area contributed by atoms with Crippen molar-refractivity contribution in [3.05, 3.63) is 15.6 Å². The van der Waals surface area contributed by atoms with Crippen molar-refractivity contribution in [2.24, 2.45) is 0 Å². The van der Waals surface area contributed by atoms with Crippen molar-refractivity contribution >= 4 is 17.3 Å². The number of carbonyl (C=O) groups is 1. The standard InChI is InChI=1S/C10H15NO2S.CH4/c1-5(2)8-7(10(12)13)11-9(14-8)6(3)4;/h5-6H,1-4H3,(H,12,13);1H4. The second-order valence-electron chi connectivity index (χ2n) is 3.88. The van der Waals surface area contributed by atoms with Crippen LogP contribution in [0.3, 0.4) is 0 Å². The second kappa shape index (κ2) is 5.26. The van der Waals surface area contributed by atoms with E-state index in [-0.39, 0.29) is 19.0 Å². The van der Waals surface area contributed by atoms with Gasteiger partial charge in [-0.05, 0) is 5.92 Å². The number of carboxylic acid groups (broad SMARTS) is 1. The van der Waals surface area contributed by atoms with Crippen LogP contribution in [0.4, 0.5) is 0 Å². The number of aromatic carboxylic acids is 1. The van der Waals surface area contributed by atoms with Gasteiger partial charge in [-0.3, -0.25) is 0 Å². The van der Waals surface area contributed by atoms with Gasteiger partial charge in [0.2, 0.25) is 0 Å². The van der Waals surface area contributed by atoms with E-state index in [0.29, 0.717) is 5.92 Å². The molecule has 86 valence electrons. The van der Waals surface area contributed by atoms with Crippen LogP contribution in [0.5, 0.6) is 0 Å². The number of thiazole rings is 1. The fourth-order valence-corrected chi connectivity index (χ4v) is 2.20. The molecule has 4 heteroatoms. The van der Waals surface area contributed by atoms with Gasteiger partial charge in [-0.1, -0.05) is 35.1 Å². The zero-order valence-electron chi connectivity index (χ0n) is 8.87. The Balaban J connectivity index is 0.00000196. The van der Waals surface area contributed by atoms with Crippen LogP contribution in [0.15, 0.2) is 0 Å². The summed E-state index contributed by atoms with van der Waals surface area (Å²) in [6.07, 6.45) is 0. The minimum absolute atomic E-state index is 0. The van der Waals surface area contributed by atoms with Gasteiger partial charge in [-0.25, -0.2) is 9.78 Å². The quantitative estimate of drug-likeness (QED) is 0.859. The molecule has 0 radical (unpaired) electrons. The molecule has 0 aliphatic rings. The summed E-state index contributed by atoms with van der Waals surface area (Å²) < 4.78 is 0. The lowest BCUT2D eigenvalue weighted by Crippen LogP contribution is -2.02. The fourth-order valence-electron chi connectivity index (χ4n) is 1.14. The number of hydrogen-bond donors (Lipinski definition) is 1. The Labute approximate surface area is 95.2 Å². The van der Waals surface area contributed by atoms with E-state index in [0.717, 1.165) is 9.88 Å². The average Bonchev–Trinajstić information content (AvgIpc) is 2.47. The van der Waals surface area contributed by atoms with E-state index in [1.807, 2.05) is 27.7 Å². The van der Waals surface area contributed by atoms with Gasteiger partial charge in [0.15, 0.2) is 5.69 Å². The maximum Gasteiger partial charge on any atom is 0.355 e. The first-order valence-electron chi connectivity index (χ1n) is 4.67. The van der Waals surface area contributed by atoms with Gasteiger partial charge in [0.1, 0.15) is 0 Å². The molecule has 0 spiro atoms. The summed E-state index contributed by atoms with van der Waals surface area (Å²) >= 11 is 1.51. The molecule has 0 bridgehead atoms. The molecular weight excluding hydrogens is 210 g/mol. The first-order chi connectivity index (χ1) is 6.43. The topological polar surface area (TPSA) is 50.2 Å². The lowest BCUT2D eigenvalue weighted by atomic mass is 10.1. The Bertz CT molecular complexity index is 342. The SMILES string of the molecule is C.CC(C)c1nc(C(=O)O)c(C(C)C)s1. The Morgan fingerprint density at radius 3 is 2.07 bits per heavy atom. The normalized spacial score (nSPS) is 10.5. The summed E-state index contributed by atoms with van der Waals surface area (Å²) in [7, 11) is 0. The fraction of sp³-hybridized carbons (Fsp3) is 0.636. The number of carboxylic acids is 1. The number of hydrogen-bond acceptors (Lipinski definition) is 3. The van der Waals surface area contributed by atoms with Gasteiger partial charge in [-0.15, -0.1) is 11.3 Å². The molecule has 3 nitrogen and oxygen atoms in total. The molecular formula is C11H19NO2S. The van der Waals surface area contributed by atoms with Crippen molar-refractivity contribution < 1.29 is 9.90 Å². The molecule has 0 aliphatic heterocycles. The van der Waals surface area contributed by atoms with E-state index < -0.39 is 5.97 Å². The van der Waals surface area contributed by atoms with Gasteiger partial charge >= 0.3 is 5.97 Å². The van der Waals surface area contributed by atoms with E-state index in [1.54, 1.807) is 0 Å². The third-order valence-electron chi connectivity index (χ3n) is 1.89. The Morgan fingerprint density at radius 2 is 1.80 bits per heavy atom. The Kier molecular flexibility index (Phi) is 4.94. The summed E-state index contributed by atoms with van der Waals surface area (Å²) in [5, 5.41) is 9.86. The van der Waals surface area contributed by atoms with Crippen molar-refractivity contribution in [3.63, 3.8) is 0 Å². The van der Waals surface area contributed by atoms with E-state index in [2.05, 4.69) is 4.98 Å². The first-order valence-corrected chi connectivity index (χ1v) is 5.49. The zero-order valence-corrected chi connectivity index (χ0v) is 9.68. The highest BCUT2D eigenvalue weighted by Gasteiger charge is 2.20. The molecule has 0 unspecified atom stereocenters. The smallest absolute Gasteiger partial charge is 0.355 e. The molecule has 0 saturated heterocycles. The molecule has 0 aliphatic carbocycles. The van der Waals surface area contributed by atoms with Crippen LogP contribution in [0.1, 0.15) is 67.3 Å². The minimum Gasteiger partial charge on any atom is -0.476 e. The maximum atomic E-state index is 10.9. The van der Waals surface area contributed by atoms with Crippen molar-refractivity contribution in [2.45, 2.75) is 47.0 Å². The average molecular weight is 229 g/mol. The Hall–Kier alpha value is -0.900. The summed E-state index contributed by atoms with van der Waals surface area (Å²) in [5.41, 5.74) is 0.230. The molecule has 0 fully saturated rings. The molecule has 15 heavy (non-hydrogen) atoms. The molecule has 0 saturated carbocycles. The Morgan fingerprint density at radius 1 is 1.27 bits per heavy atom. The van der Waals surface area contributed by atoms with Crippen LogP contribution < -0.4 is 0 Å². The van der Waals surface area contributed by atoms with Gasteiger partial charge in [0.05, 0.1) is 5.01 Å². The highest BCUT2D eigenvalue weighted by atomic mass is 32.1. The van der Waals surface area contributed by atoms with Gasteiger partial charge in [0, 0.05) is 10.8 Å². The van der Waals surface area contributed by atoms with Crippen molar-refractivity contribution in [3.8, 4) is 0 Å². The van der Waals surface area contributed by atoms with Crippen LogP contribution in [-0.4, -0.2) is 16.1 Å². The van der Waals surface area contributed by atoms with Gasteiger partial charge in [-0.2, -0.15) is 0 Å². The zero-order chi connectivity index (χ0) is 10.9. The minimum atomic E-state index is -0.920. The largest absolute Gasteiger partial charge is 0.476 e. The predicted molar refractivity (Wildman–Crippen MR) is 64.0 cm³/mol. The summed E-state index contributed by atoms with van der Waals surface area (Å²) in [6.45, 7) is 8.03. The van der Waals surface area contributed by atoms with E-state index >= 15 is 0 Å². The van der Waals surface area contributed by atoms with Gasteiger partial charge < -0.3 is 5.11 Å². The highest BCUT2D eigenvalue weighted by molar-refractivity contribution is 7.12. The number of nitrogens with zero attached hydrogens (tertiary/aromatic N) is 1. The van der Waals surface area contributed by atoms with Crippen LogP contribution >= 0.6 is 11.3 Å². The molecule has 0 amide bonds. The maximum absolute atomic E-state index is 10.9. The second-order valence-corrected chi connectivity index (χ2v) is 4.94. The third-order valence-corrected chi connectivity index (χ3v) is 3.55. The number of aromatic nitrogens is 1. The van der Waals surface area contributed by atoms with Crippen molar-refractivity contribution in [2.75, 3.05) is 0 Å². The van der Waals surface area contributed by atoms with E-state index in [9.17, 15) is 4.79 Å². The van der Waals surface area contributed by atoms with Crippen LogP contribution in [0, 0.1) is 0 Å². The number of rotatable bonds is 3. The summed E-state index contributed by atoms with van der Waals surface area (Å²) in [6, 6.07) is 0. The van der Waals surface area contributed by atoms with Crippen molar-refractivity contribution in [1.29, 1.82) is 0 Å². The van der Waals surface area contributed by atoms with E-state index in [1.165, 1.54) is 11.3 Å². The highest BCUT2D eigenvalue weighted by Crippen LogP contribution is 2.30. The lowest BCUT2D eigenvalue weighted by molar-refractivity contribution is 0.0689. The summed E-state index contributed by atoms with van der Waals surface area (Å²) in [5.74, 6) is -0.395. The third kappa shape index (κ3) is 3.02. The molecule has 1 N–H and O–H groups in total. The van der Waals surface area contributed by atoms with E-state index in [4.69, 9.17) is 5.11 Å². The molecule has 1 heterocycles. The van der Waals surface area contributed by atoms with Crippen molar-refractivity contribution in [1.82, 2.24) is 4.98 Å². The van der Waals surface area contributed by atoms with Crippen LogP contribution in [0.2, 0.25) is 0 Å². The molecule has 1 aromatic heterocycles. The molecule has 0 aromatic carbocycles.